The minimum atomic E-state index is -5.26. The van der Waals surface area contributed by atoms with Crippen molar-refractivity contribution in [3.05, 3.63) is 34.9 Å². The topological polar surface area (TPSA) is 0 Å². The molecule has 0 fully saturated rings. The SMILES string of the molecule is Fc1[c]c(F)c(C(F)(F)C(F)F)c(F)c1F. The molecule has 0 saturated carbocycles. The van der Waals surface area contributed by atoms with Gasteiger partial charge >= 0.3 is 12.3 Å². The Hall–Kier alpha value is -1.34. The van der Waals surface area contributed by atoms with Gasteiger partial charge in [-0.1, -0.05) is 0 Å². The van der Waals surface area contributed by atoms with Crippen molar-refractivity contribution >= 4 is 0 Å². The zero-order valence-electron chi connectivity index (χ0n) is 7.10. The van der Waals surface area contributed by atoms with Crippen LogP contribution in [0.4, 0.5) is 35.1 Å². The van der Waals surface area contributed by atoms with Gasteiger partial charge in [-0.2, -0.15) is 8.78 Å². The zero-order valence-corrected chi connectivity index (χ0v) is 7.10. The van der Waals surface area contributed by atoms with Crippen LogP contribution in [0.2, 0.25) is 0 Å². The Bertz CT molecular complexity index is 411. The van der Waals surface area contributed by atoms with Crippen molar-refractivity contribution in [3.63, 3.8) is 0 Å². The van der Waals surface area contributed by atoms with Crippen LogP contribution in [0.5, 0.6) is 0 Å². The highest BCUT2D eigenvalue weighted by molar-refractivity contribution is 5.26. The third-order valence-corrected chi connectivity index (χ3v) is 1.65. The van der Waals surface area contributed by atoms with Gasteiger partial charge in [0.05, 0.1) is 6.07 Å². The van der Waals surface area contributed by atoms with Crippen molar-refractivity contribution in [2.45, 2.75) is 12.3 Å². The van der Waals surface area contributed by atoms with E-state index in [1.807, 2.05) is 0 Å². The van der Waals surface area contributed by atoms with Gasteiger partial charge in [-0.3, -0.25) is 0 Å². The Labute approximate surface area is 83.5 Å². The summed E-state index contributed by atoms with van der Waals surface area (Å²) in [6, 6.07) is 0.747. The van der Waals surface area contributed by atoms with Crippen molar-refractivity contribution in [2.24, 2.45) is 0 Å². The smallest absolute Gasteiger partial charge is 0.206 e. The second-order valence-electron chi connectivity index (χ2n) is 2.68. The lowest BCUT2D eigenvalue weighted by molar-refractivity contribution is -0.139. The number of hydrogen-bond donors (Lipinski definition) is 0. The maximum atomic E-state index is 12.7. The predicted octanol–water partition coefficient (Wildman–Crippen LogP) is 3.40. The summed E-state index contributed by atoms with van der Waals surface area (Å²) < 4.78 is 98.7. The normalized spacial score (nSPS) is 12.3. The van der Waals surface area contributed by atoms with Crippen LogP contribution in [0, 0.1) is 29.3 Å². The Kier molecular flexibility index (Phi) is 3.11. The van der Waals surface area contributed by atoms with Crippen LogP contribution < -0.4 is 0 Å². The molecule has 8 heteroatoms. The number of alkyl halides is 4. The highest BCUT2D eigenvalue weighted by Crippen LogP contribution is 2.38. The molecule has 0 aliphatic heterocycles. The molecule has 1 rings (SSSR count). The van der Waals surface area contributed by atoms with Crippen LogP contribution in [0.1, 0.15) is 5.56 Å². The van der Waals surface area contributed by atoms with E-state index >= 15 is 0 Å². The van der Waals surface area contributed by atoms with Crippen LogP contribution in [-0.4, -0.2) is 6.43 Å². The quantitative estimate of drug-likeness (QED) is 0.428. The Balaban J connectivity index is 3.52. The largest absolute Gasteiger partial charge is 0.338 e. The first-order valence-electron chi connectivity index (χ1n) is 3.61. The highest BCUT2D eigenvalue weighted by atomic mass is 19.3. The predicted molar refractivity (Wildman–Crippen MR) is 35.0 cm³/mol. The van der Waals surface area contributed by atoms with Crippen LogP contribution in [0.15, 0.2) is 0 Å². The van der Waals surface area contributed by atoms with E-state index < -0.39 is 41.2 Å². The van der Waals surface area contributed by atoms with E-state index in [0.717, 1.165) is 6.07 Å². The molecule has 0 atom stereocenters. The molecule has 0 saturated heterocycles. The first-order chi connectivity index (χ1) is 7.19. The molecule has 0 N–H and O–H groups in total. The first-order valence-corrected chi connectivity index (χ1v) is 3.61. The van der Waals surface area contributed by atoms with E-state index in [0.29, 0.717) is 0 Å². The van der Waals surface area contributed by atoms with Gasteiger partial charge in [0, 0.05) is 0 Å². The van der Waals surface area contributed by atoms with Crippen LogP contribution in [-0.2, 0) is 5.92 Å². The Morgan fingerprint density at radius 3 is 1.81 bits per heavy atom. The van der Waals surface area contributed by atoms with E-state index in [1.165, 1.54) is 0 Å². The summed E-state index contributed by atoms with van der Waals surface area (Å²) in [6.45, 7) is 0. The molecule has 1 aromatic rings. The fourth-order valence-corrected chi connectivity index (χ4v) is 0.918. The zero-order chi connectivity index (χ0) is 12.7. The lowest BCUT2D eigenvalue weighted by atomic mass is 10.1. The molecule has 1 radical (unpaired) electrons. The summed E-state index contributed by atoms with van der Waals surface area (Å²) in [6.07, 6.45) is -4.46. The maximum absolute atomic E-state index is 12.7. The highest BCUT2D eigenvalue weighted by Gasteiger charge is 2.48. The van der Waals surface area contributed by atoms with Crippen molar-refractivity contribution in [1.82, 2.24) is 0 Å². The van der Waals surface area contributed by atoms with E-state index in [4.69, 9.17) is 0 Å². The van der Waals surface area contributed by atoms with E-state index in [2.05, 4.69) is 0 Å². The summed E-state index contributed by atoms with van der Waals surface area (Å²) >= 11 is 0. The molecule has 0 aliphatic rings. The average molecular weight is 249 g/mol. The summed E-state index contributed by atoms with van der Waals surface area (Å²) in [7, 11) is 0. The summed E-state index contributed by atoms with van der Waals surface area (Å²) in [5.41, 5.74) is -2.54. The van der Waals surface area contributed by atoms with Gasteiger partial charge in [-0.05, 0) is 0 Å². The lowest BCUT2D eigenvalue weighted by Gasteiger charge is -2.17. The number of benzene rings is 1. The third kappa shape index (κ3) is 1.83. The van der Waals surface area contributed by atoms with Gasteiger partial charge in [0.25, 0.3) is 0 Å². The van der Waals surface area contributed by atoms with Crippen LogP contribution in [0.3, 0.4) is 0 Å². The van der Waals surface area contributed by atoms with Crippen LogP contribution in [0.25, 0.3) is 0 Å². The number of rotatable bonds is 2. The summed E-state index contributed by atoms with van der Waals surface area (Å²) in [5, 5.41) is 0. The second kappa shape index (κ2) is 3.91. The van der Waals surface area contributed by atoms with Gasteiger partial charge < -0.3 is 0 Å². The molecule has 0 spiro atoms. The molecule has 0 bridgehead atoms. The minimum absolute atomic E-state index is 0.747. The lowest BCUT2D eigenvalue weighted by Crippen LogP contribution is -2.27. The van der Waals surface area contributed by atoms with Gasteiger partial charge in [-0.15, -0.1) is 0 Å². The number of hydrogen-bond acceptors (Lipinski definition) is 0. The van der Waals surface area contributed by atoms with Gasteiger partial charge in [-0.25, -0.2) is 26.3 Å². The molecule has 0 unspecified atom stereocenters. The Morgan fingerprint density at radius 2 is 1.38 bits per heavy atom. The van der Waals surface area contributed by atoms with E-state index in [-0.39, 0.29) is 0 Å². The molecule has 0 aliphatic carbocycles. The monoisotopic (exact) mass is 249 g/mol. The maximum Gasteiger partial charge on any atom is 0.338 e. The Morgan fingerprint density at radius 1 is 0.875 bits per heavy atom. The molecule has 16 heavy (non-hydrogen) atoms. The second-order valence-corrected chi connectivity index (χ2v) is 2.68. The van der Waals surface area contributed by atoms with E-state index in [1.54, 1.807) is 0 Å². The molecule has 0 nitrogen and oxygen atoms in total. The van der Waals surface area contributed by atoms with Crippen molar-refractivity contribution < 1.29 is 35.1 Å². The van der Waals surface area contributed by atoms with Crippen LogP contribution >= 0.6 is 0 Å². The molecular formula is C8HF8. The van der Waals surface area contributed by atoms with Crippen molar-refractivity contribution in [3.8, 4) is 0 Å². The standard InChI is InChI=1S/C8HF8/c9-2-1-3(10)5(11)6(12)4(2)8(15,16)7(13)14/h7H. The van der Waals surface area contributed by atoms with Gasteiger partial charge in [0.15, 0.2) is 17.5 Å². The third-order valence-electron chi connectivity index (χ3n) is 1.65. The van der Waals surface area contributed by atoms with E-state index in [9.17, 15) is 35.1 Å². The molecule has 0 aromatic heterocycles. The fourth-order valence-electron chi connectivity index (χ4n) is 0.918. The van der Waals surface area contributed by atoms with Crippen molar-refractivity contribution in [1.29, 1.82) is 0 Å². The number of halogens is 8. The first kappa shape index (κ1) is 12.7. The molecule has 89 valence electrons. The minimum Gasteiger partial charge on any atom is -0.206 e. The van der Waals surface area contributed by atoms with Gasteiger partial charge in [0.1, 0.15) is 11.4 Å². The average Bonchev–Trinajstić information content (AvgIpc) is 2.13. The molecule has 1 aromatic carbocycles. The summed E-state index contributed by atoms with van der Waals surface area (Å²) in [4.78, 5) is 0. The van der Waals surface area contributed by atoms with Gasteiger partial charge in [0.2, 0.25) is 0 Å². The molecular weight excluding hydrogens is 248 g/mol. The molecule has 0 heterocycles. The molecule has 0 amide bonds. The van der Waals surface area contributed by atoms with Crippen molar-refractivity contribution in [2.75, 3.05) is 0 Å². The summed E-state index contributed by atoms with van der Waals surface area (Å²) in [5.74, 6) is -15.1. The fraction of sp³-hybridized carbons (Fsp3) is 0.250.